The van der Waals surface area contributed by atoms with E-state index >= 15 is 0 Å². The number of aliphatic hydroxyl groups excluding tert-OH is 1. The van der Waals surface area contributed by atoms with Crippen LogP contribution >= 0.6 is 0 Å². The topological polar surface area (TPSA) is 66.6 Å². The molecule has 0 spiro atoms. The van der Waals surface area contributed by atoms with E-state index in [1.165, 1.54) is 0 Å². The Bertz CT molecular complexity index is 242. The number of hydrogen-bond donors (Lipinski definition) is 2. The summed E-state index contributed by atoms with van der Waals surface area (Å²) < 4.78 is 0. The van der Waals surface area contributed by atoms with Gasteiger partial charge < -0.3 is 15.7 Å². The van der Waals surface area contributed by atoms with Crippen LogP contribution in [0.15, 0.2) is 0 Å². The van der Waals surface area contributed by atoms with Gasteiger partial charge in [0.1, 0.15) is 0 Å². The van der Waals surface area contributed by atoms with Crippen molar-refractivity contribution in [3.05, 3.63) is 0 Å². The summed E-state index contributed by atoms with van der Waals surface area (Å²) in [6.45, 7) is 5.96. The molecule has 3 N–H and O–H groups in total. The lowest BCUT2D eigenvalue weighted by Gasteiger charge is -2.33. The Morgan fingerprint density at radius 1 is 1.53 bits per heavy atom. The Morgan fingerprint density at radius 3 is 2.82 bits per heavy atom. The van der Waals surface area contributed by atoms with Crippen molar-refractivity contribution >= 4 is 5.91 Å². The van der Waals surface area contributed by atoms with Crippen molar-refractivity contribution in [1.29, 1.82) is 0 Å². The highest BCUT2D eigenvalue weighted by molar-refractivity contribution is 5.76. The minimum absolute atomic E-state index is 0.0410. The fourth-order valence-electron chi connectivity index (χ4n) is 2.28. The standard InChI is InChI=1S/C13H26N2O2/c1-10(2)12(14)8-13(17)15-6-3-4-11(9-15)5-7-16/h10-12,16H,3-9,14H2,1-2H3. The zero-order valence-electron chi connectivity index (χ0n) is 11.1. The highest BCUT2D eigenvalue weighted by atomic mass is 16.3. The lowest BCUT2D eigenvalue weighted by atomic mass is 9.94. The molecule has 2 atom stereocenters. The second-order valence-electron chi connectivity index (χ2n) is 5.47. The summed E-state index contributed by atoms with van der Waals surface area (Å²) >= 11 is 0. The fraction of sp³-hybridized carbons (Fsp3) is 0.923. The van der Waals surface area contributed by atoms with Gasteiger partial charge in [-0.15, -0.1) is 0 Å². The van der Waals surface area contributed by atoms with Crippen molar-refractivity contribution in [3.63, 3.8) is 0 Å². The van der Waals surface area contributed by atoms with E-state index in [0.29, 0.717) is 18.3 Å². The third kappa shape index (κ3) is 4.64. The van der Waals surface area contributed by atoms with Crippen molar-refractivity contribution in [2.45, 2.75) is 45.6 Å². The number of nitrogens with zero attached hydrogens (tertiary/aromatic N) is 1. The molecule has 1 amide bonds. The lowest BCUT2D eigenvalue weighted by molar-refractivity contribution is -0.133. The molecule has 0 aromatic rings. The molecular formula is C13H26N2O2. The van der Waals surface area contributed by atoms with Crippen LogP contribution in [-0.4, -0.2) is 41.7 Å². The Labute approximate surface area is 104 Å². The summed E-state index contributed by atoms with van der Waals surface area (Å²) in [5.41, 5.74) is 5.93. The summed E-state index contributed by atoms with van der Waals surface area (Å²) in [6.07, 6.45) is 3.43. The zero-order valence-corrected chi connectivity index (χ0v) is 11.1. The van der Waals surface area contributed by atoms with Crippen LogP contribution in [-0.2, 0) is 4.79 Å². The molecule has 2 unspecified atom stereocenters. The molecular weight excluding hydrogens is 216 g/mol. The normalized spacial score (nSPS) is 22.9. The van der Waals surface area contributed by atoms with Crippen molar-refractivity contribution in [2.24, 2.45) is 17.6 Å². The molecule has 0 aromatic heterocycles. The largest absolute Gasteiger partial charge is 0.396 e. The van der Waals surface area contributed by atoms with Crippen LogP contribution < -0.4 is 5.73 Å². The summed E-state index contributed by atoms with van der Waals surface area (Å²) in [5, 5.41) is 8.94. The van der Waals surface area contributed by atoms with Gasteiger partial charge in [-0.2, -0.15) is 0 Å². The quantitative estimate of drug-likeness (QED) is 0.755. The smallest absolute Gasteiger partial charge is 0.224 e. The highest BCUT2D eigenvalue weighted by Gasteiger charge is 2.24. The van der Waals surface area contributed by atoms with E-state index in [2.05, 4.69) is 0 Å². The van der Waals surface area contributed by atoms with E-state index in [-0.39, 0.29) is 18.6 Å². The highest BCUT2D eigenvalue weighted by Crippen LogP contribution is 2.20. The summed E-state index contributed by atoms with van der Waals surface area (Å²) in [6, 6.07) is -0.0410. The van der Waals surface area contributed by atoms with E-state index in [9.17, 15) is 4.79 Å². The van der Waals surface area contributed by atoms with Crippen LogP contribution in [0.4, 0.5) is 0 Å². The van der Waals surface area contributed by atoms with E-state index < -0.39 is 0 Å². The number of nitrogens with two attached hydrogens (primary N) is 1. The molecule has 4 heteroatoms. The maximum absolute atomic E-state index is 12.0. The minimum atomic E-state index is -0.0410. The van der Waals surface area contributed by atoms with Gasteiger partial charge >= 0.3 is 0 Å². The average molecular weight is 242 g/mol. The van der Waals surface area contributed by atoms with Crippen LogP contribution in [0, 0.1) is 11.8 Å². The maximum atomic E-state index is 12.0. The van der Waals surface area contributed by atoms with Crippen LogP contribution in [0.1, 0.15) is 39.5 Å². The number of hydrogen-bond acceptors (Lipinski definition) is 3. The predicted octanol–water partition coefficient (Wildman–Crippen LogP) is 0.981. The van der Waals surface area contributed by atoms with Gasteiger partial charge in [-0.05, 0) is 31.1 Å². The van der Waals surface area contributed by atoms with Crippen LogP contribution in [0.5, 0.6) is 0 Å². The second-order valence-corrected chi connectivity index (χ2v) is 5.47. The monoisotopic (exact) mass is 242 g/mol. The first-order valence-corrected chi connectivity index (χ1v) is 6.68. The first-order valence-electron chi connectivity index (χ1n) is 6.68. The van der Waals surface area contributed by atoms with Gasteiger partial charge in [0.2, 0.25) is 5.91 Å². The Morgan fingerprint density at radius 2 is 2.24 bits per heavy atom. The molecule has 0 aromatic carbocycles. The van der Waals surface area contributed by atoms with E-state index in [1.54, 1.807) is 0 Å². The van der Waals surface area contributed by atoms with Crippen LogP contribution in [0.3, 0.4) is 0 Å². The molecule has 100 valence electrons. The SMILES string of the molecule is CC(C)C(N)CC(=O)N1CCCC(CCO)C1. The molecule has 1 aliphatic rings. The van der Waals surface area contributed by atoms with Gasteiger partial charge in [-0.1, -0.05) is 13.8 Å². The molecule has 1 saturated heterocycles. The van der Waals surface area contributed by atoms with Gasteiger partial charge in [-0.25, -0.2) is 0 Å². The second kappa shape index (κ2) is 6.97. The Kier molecular flexibility index (Phi) is 5.92. The Balaban J connectivity index is 2.40. The molecule has 0 bridgehead atoms. The minimum Gasteiger partial charge on any atom is -0.396 e. The molecule has 17 heavy (non-hydrogen) atoms. The van der Waals surface area contributed by atoms with Crippen LogP contribution in [0.25, 0.3) is 0 Å². The van der Waals surface area contributed by atoms with Crippen molar-refractivity contribution in [1.82, 2.24) is 4.90 Å². The summed E-state index contributed by atoms with van der Waals surface area (Å²) in [5.74, 6) is 0.985. The summed E-state index contributed by atoms with van der Waals surface area (Å²) in [4.78, 5) is 14.0. The van der Waals surface area contributed by atoms with Gasteiger partial charge in [0, 0.05) is 32.2 Å². The van der Waals surface area contributed by atoms with Crippen molar-refractivity contribution in [2.75, 3.05) is 19.7 Å². The number of carbonyl (C=O) groups is 1. The lowest BCUT2D eigenvalue weighted by Crippen LogP contribution is -2.43. The van der Waals surface area contributed by atoms with Gasteiger partial charge in [-0.3, -0.25) is 4.79 Å². The van der Waals surface area contributed by atoms with Crippen LogP contribution in [0.2, 0.25) is 0 Å². The molecule has 1 fully saturated rings. The Hall–Kier alpha value is -0.610. The molecule has 4 nitrogen and oxygen atoms in total. The molecule has 0 aliphatic carbocycles. The third-order valence-electron chi connectivity index (χ3n) is 3.68. The predicted molar refractivity (Wildman–Crippen MR) is 68.4 cm³/mol. The summed E-state index contributed by atoms with van der Waals surface area (Å²) in [7, 11) is 0. The van der Waals surface area contributed by atoms with E-state index in [0.717, 1.165) is 32.4 Å². The number of rotatable bonds is 5. The molecule has 1 aliphatic heterocycles. The number of carbonyl (C=O) groups excluding carboxylic acids is 1. The van der Waals surface area contributed by atoms with Gasteiger partial charge in [0.15, 0.2) is 0 Å². The van der Waals surface area contributed by atoms with Gasteiger partial charge in [0.05, 0.1) is 0 Å². The third-order valence-corrected chi connectivity index (χ3v) is 3.68. The molecule has 1 rings (SSSR count). The van der Waals surface area contributed by atoms with Crippen molar-refractivity contribution < 1.29 is 9.90 Å². The van der Waals surface area contributed by atoms with Gasteiger partial charge in [0.25, 0.3) is 0 Å². The molecule has 1 heterocycles. The number of amides is 1. The molecule has 0 saturated carbocycles. The number of likely N-dealkylation sites (tertiary alicyclic amines) is 1. The van der Waals surface area contributed by atoms with Crippen molar-refractivity contribution in [3.8, 4) is 0 Å². The first-order chi connectivity index (χ1) is 8.04. The number of aliphatic hydroxyl groups is 1. The first kappa shape index (κ1) is 14.5. The zero-order chi connectivity index (χ0) is 12.8. The fourth-order valence-corrected chi connectivity index (χ4v) is 2.28. The maximum Gasteiger partial charge on any atom is 0.224 e. The number of piperidine rings is 1. The average Bonchev–Trinajstić information content (AvgIpc) is 2.29. The van der Waals surface area contributed by atoms with E-state index in [4.69, 9.17) is 10.8 Å². The molecule has 0 radical (unpaired) electrons. The van der Waals surface area contributed by atoms with E-state index in [1.807, 2.05) is 18.7 Å².